The number of alkyl halides is 5. The van der Waals surface area contributed by atoms with E-state index in [2.05, 4.69) is 15.2 Å². The van der Waals surface area contributed by atoms with Crippen LogP contribution in [0.25, 0.3) is 0 Å². The summed E-state index contributed by atoms with van der Waals surface area (Å²) in [7, 11) is -4.47. The molecule has 0 radical (unpaired) electrons. The number of carbonyl (C=O) groups excluding carboxylic acids is 1. The van der Waals surface area contributed by atoms with Crippen LogP contribution in [-0.2, 0) is 21.3 Å². The lowest BCUT2D eigenvalue weighted by atomic mass is 10.1. The van der Waals surface area contributed by atoms with Crippen molar-refractivity contribution in [3.05, 3.63) is 24.4 Å². The molecule has 2 heterocycles. The second-order valence-electron chi connectivity index (χ2n) is 8.73. The molecule has 10 nitrogen and oxygen atoms in total. The van der Waals surface area contributed by atoms with Gasteiger partial charge in [0.2, 0.25) is 5.60 Å². The predicted octanol–water partition coefficient (Wildman–Crippen LogP) is 4.80. The van der Waals surface area contributed by atoms with Gasteiger partial charge >= 0.3 is 12.3 Å². The SMILES string of the molecule is CCOc1nn(CC(F)F)cc1S(=O)(=O)N1C[C@H](CC)Oc2ccc(NC(=O)OC(C)(C)C(F)(F)F)cc21. The monoisotopic (exact) mass is 570 g/mol. The number of aromatic nitrogens is 2. The van der Waals surface area contributed by atoms with Gasteiger partial charge in [0, 0.05) is 11.9 Å². The highest BCUT2D eigenvalue weighted by atomic mass is 32.2. The quantitative estimate of drug-likeness (QED) is 0.431. The number of nitrogens with one attached hydrogen (secondary N) is 1. The van der Waals surface area contributed by atoms with Crippen molar-refractivity contribution in [3.63, 3.8) is 0 Å². The van der Waals surface area contributed by atoms with Gasteiger partial charge in [-0.15, -0.1) is 5.10 Å². The van der Waals surface area contributed by atoms with Crippen LogP contribution in [0.1, 0.15) is 34.1 Å². The second kappa shape index (κ2) is 10.8. The molecule has 1 atom stereocenters. The Morgan fingerprint density at radius 2 is 1.95 bits per heavy atom. The van der Waals surface area contributed by atoms with Crippen LogP contribution in [-0.4, -0.2) is 61.7 Å². The van der Waals surface area contributed by atoms with Crippen molar-refractivity contribution in [2.75, 3.05) is 22.8 Å². The maximum atomic E-state index is 13.8. The van der Waals surface area contributed by atoms with Crippen molar-refractivity contribution in [1.82, 2.24) is 9.78 Å². The van der Waals surface area contributed by atoms with E-state index in [4.69, 9.17) is 9.47 Å². The highest BCUT2D eigenvalue weighted by molar-refractivity contribution is 7.93. The largest absolute Gasteiger partial charge is 0.486 e. The summed E-state index contributed by atoms with van der Waals surface area (Å²) in [5.74, 6) is -0.263. The number of ether oxygens (including phenoxy) is 3. The average Bonchev–Trinajstić information content (AvgIpc) is 3.19. The summed E-state index contributed by atoms with van der Waals surface area (Å²) in [6, 6.07) is 3.83. The van der Waals surface area contributed by atoms with Crippen LogP contribution in [0.15, 0.2) is 29.3 Å². The van der Waals surface area contributed by atoms with Gasteiger partial charge in [0.25, 0.3) is 22.3 Å². The van der Waals surface area contributed by atoms with Crippen LogP contribution < -0.4 is 19.1 Å². The standard InChI is InChI=1S/C22H27F5N4O6S/c1-5-14-10-31(38(33,34)17-11-30(12-18(23)24)29-19(17)35-6-2)15-9-13(7-8-16(15)36-14)28-20(32)37-21(3,4)22(25,26)27/h7-9,11,14,18H,5-6,10,12H2,1-4H3,(H,28,32)/t14-/m0/s1. The molecule has 0 saturated carbocycles. The summed E-state index contributed by atoms with van der Waals surface area (Å²) < 4.78 is 110. The van der Waals surface area contributed by atoms with E-state index in [-0.39, 0.29) is 36.2 Å². The lowest BCUT2D eigenvalue weighted by Gasteiger charge is -2.35. The fourth-order valence-electron chi connectivity index (χ4n) is 3.42. The van der Waals surface area contributed by atoms with Gasteiger partial charge in [-0.05, 0) is 45.4 Å². The molecule has 0 unspecified atom stereocenters. The van der Waals surface area contributed by atoms with Crippen LogP contribution in [0.3, 0.4) is 0 Å². The number of hydrogen-bond donors (Lipinski definition) is 1. The Morgan fingerprint density at radius 3 is 2.53 bits per heavy atom. The molecule has 1 aromatic heterocycles. The third-order valence-electron chi connectivity index (χ3n) is 5.49. The number of sulfonamides is 1. The summed E-state index contributed by atoms with van der Waals surface area (Å²) in [5.41, 5.74) is -2.91. The molecule has 0 aliphatic carbocycles. The molecule has 1 aliphatic heterocycles. The maximum Gasteiger partial charge on any atom is 0.427 e. The first-order chi connectivity index (χ1) is 17.6. The topological polar surface area (TPSA) is 112 Å². The van der Waals surface area contributed by atoms with E-state index in [1.807, 2.05) is 0 Å². The highest BCUT2D eigenvalue weighted by Crippen LogP contribution is 2.41. The Kier molecular flexibility index (Phi) is 8.33. The average molecular weight is 571 g/mol. The minimum absolute atomic E-state index is 0.00987. The smallest absolute Gasteiger partial charge is 0.427 e. The van der Waals surface area contributed by atoms with Gasteiger partial charge in [-0.3, -0.25) is 14.3 Å². The van der Waals surface area contributed by atoms with E-state index in [0.717, 1.165) is 15.2 Å². The Hall–Kier alpha value is -3.30. The molecule has 16 heteroatoms. The van der Waals surface area contributed by atoms with Crippen LogP contribution in [0.5, 0.6) is 11.6 Å². The van der Waals surface area contributed by atoms with Gasteiger partial charge in [-0.25, -0.2) is 22.0 Å². The zero-order valence-corrected chi connectivity index (χ0v) is 21.7. The van der Waals surface area contributed by atoms with E-state index in [1.165, 1.54) is 18.2 Å². The Morgan fingerprint density at radius 1 is 1.26 bits per heavy atom. The molecule has 2 aromatic rings. The highest BCUT2D eigenvalue weighted by Gasteiger charge is 2.51. The molecule has 1 aromatic carbocycles. The molecule has 0 saturated heterocycles. The zero-order chi connectivity index (χ0) is 28.5. The molecule has 1 amide bonds. The lowest BCUT2D eigenvalue weighted by molar-refractivity contribution is -0.242. The van der Waals surface area contributed by atoms with Crippen molar-refractivity contribution >= 4 is 27.5 Å². The number of fused-ring (bicyclic) bond motifs is 1. The molecule has 1 aliphatic rings. The van der Waals surface area contributed by atoms with Gasteiger partial charge in [0.05, 0.1) is 18.8 Å². The number of benzene rings is 1. The first kappa shape index (κ1) is 29.3. The van der Waals surface area contributed by atoms with Gasteiger partial charge in [-0.2, -0.15) is 13.2 Å². The second-order valence-corrected chi connectivity index (χ2v) is 10.6. The van der Waals surface area contributed by atoms with Gasteiger partial charge in [-0.1, -0.05) is 6.92 Å². The Labute approximate surface area is 215 Å². The van der Waals surface area contributed by atoms with Gasteiger partial charge < -0.3 is 14.2 Å². The first-order valence-electron chi connectivity index (χ1n) is 11.5. The number of halogens is 5. The fraction of sp³-hybridized carbons (Fsp3) is 0.545. The first-order valence-corrected chi connectivity index (χ1v) is 12.9. The van der Waals surface area contributed by atoms with Crippen molar-refractivity contribution in [3.8, 4) is 11.6 Å². The molecule has 0 bridgehead atoms. The minimum atomic E-state index is -4.83. The molecule has 3 rings (SSSR count). The number of rotatable bonds is 9. The van der Waals surface area contributed by atoms with E-state index in [1.54, 1.807) is 13.8 Å². The van der Waals surface area contributed by atoms with Crippen molar-refractivity contribution in [2.24, 2.45) is 0 Å². The molecule has 0 fully saturated rings. The number of nitrogens with zero attached hydrogens (tertiary/aromatic N) is 3. The van der Waals surface area contributed by atoms with Gasteiger partial charge in [0.1, 0.15) is 18.4 Å². The summed E-state index contributed by atoms with van der Waals surface area (Å²) >= 11 is 0. The van der Waals surface area contributed by atoms with E-state index >= 15 is 0 Å². The molecular weight excluding hydrogens is 543 g/mol. The van der Waals surface area contributed by atoms with Crippen molar-refractivity contribution in [2.45, 2.75) is 69.9 Å². The van der Waals surface area contributed by atoms with E-state index in [9.17, 15) is 35.2 Å². The molecular formula is C22H27F5N4O6S. The van der Waals surface area contributed by atoms with Crippen LogP contribution in [0, 0.1) is 0 Å². The summed E-state index contributed by atoms with van der Waals surface area (Å²) in [4.78, 5) is 11.7. The van der Waals surface area contributed by atoms with E-state index in [0.29, 0.717) is 20.3 Å². The molecule has 0 spiro atoms. The number of carbonyl (C=O) groups is 1. The minimum Gasteiger partial charge on any atom is -0.486 e. The summed E-state index contributed by atoms with van der Waals surface area (Å²) in [6.07, 6.45) is -8.29. The predicted molar refractivity (Wildman–Crippen MR) is 125 cm³/mol. The number of anilines is 2. The maximum absolute atomic E-state index is 13.8. The number of hydrogen-bond acceptors (Lipinski definition) is 7. The number of amides is 1. The van der Waals surface area contributed by atoms with Crippen LogP contribution >= 0.6 is 0 Å². The molecule has 212 valence electrons. The third kappa shape index (κ3) is 6.22. The van der Waals surface area contributed by atoms with Crippen LogP contribution in [0.2, 0.25) is 0 Å². The molecule has 38 heavy (non-hydrogen) atoms. The van der Waals surface area contributed by atoms with Gasteiger partial charge in [0.15, 0.2) is 4.90 Å². The van der Waals surface area contributed by atoms with Crippen molar-refractivity contribution < 1.29 is 49.4 Å². The summed E-state index contributed by atoms with van der Waals surface area (Å²) in [5, 5.41) is 5.97. The normalized spacial score (nSPS) is 16.2. The third-order valence-corrected chi connectivity index (χ3v) is 7.26. The van der Waals surface area contributed by atoms with Crippen LogP contribution in [0.4, 0.5) is 38.1 Å². The lowest BCUT2D eigenvalue weighted by Crippen LogP contribution is -2.44. The fourth-order valence-corrected chi connectivity index (χ4v) is 4.99. The van der Waals surface area contributed by atoms with E-state index < -0.39 is 51.9 Å². The van der Waals surface area contributed by atoms with Crippen molar-refractivity contribution in [1.29, 1.82) is 0 Å². The Bertz CT molecular complexity index is 1270. The Balaban J connectivity index is 2.00. The zero-order valence-electron chi connectivity index (χ0n) is 20.9. The molecule has 1 N–H and O–H groups in total. The summed E-state index contributed by atoms with van der Waals surface area (Å²) in [6.45, 7) is 3.64.